The highest BCUT2D eigenvalue weighted by molar-refractivity contribution is 5.79. The van der Waals surface area contributed by atoms with Crippen molar-refractivity contribution in [3.05, 3.63) is 0 Å². The normalized spacial score (nSPS) is 22.8. The maximum absolute atomic E-state index is 5.41. The summed E-state index contributed by atoms with van der Waals surface area (Å²) in [7, 11) is 0. The van der Waals surface area contributed by atoms with E-state index in [2.05, 4.69) is 41.4 Å². The first-order chi connectivity index (χ1) is 7.65. The summed E-state index contributed by atoms with van der Waals surface area (Å²) in [5.41, 5.74) is 2.61. The highest BCUT2D eigenvalue weighted by Crippen LogP contribution is 2.15. The second-order valence-electron chi connectivity index (χ2n) is 4.68. The molecule has 94 valence electrons. The Balaban J connectivity index is 2.33. The number of likely N-dealkylation sites (tertiary alicyclic amines) is 1. The third-order valence-corrected chi connectivity index (χ3v) is 2.89. The van der Waals surface area contributed by atoms with E-state index in [1.165, 1.54) is 19.5 Å². The van der Waals surface area contributed by atoms with E-state index < -0.39 is 0 Å². The second kappa shape index (κ2) is 6.70. The molecule has 0 aromatic heterocycles. The van der Waals surface area contributed by atoms with Gasteiger partial charge in [0.05, 0.1) is 0 Å². The Morgan fingerprint density at radius 3 is 2.81 bits per heavy atom. The third-order valence-electron chi connectivity index (χ3n) is 2.89. The first-order valence-corrected chi connectivity index (χ1v) is 6.15. The van der Waals surface area contributed by atoms with E-state index in [1.54, 1.807) is 0 Å². The number of rotatable bonds is 4. The van der Waals surface area contributed by atoms with E-state index in [0.29, 0.717) is 17.9 Å². The van der Waals surface area contributed by atoms with Crippen molar-refractivity contribution in [2.75, 3.05) is 26.2 Å². The Morgan fingerprint density at radius 2 is 2.31 bits per heavy atom. The molecule has 5 heteroatoms. The molecule has 0 aliphatic carbocycles. The van der Waals surface area contributed by atoms with Crippen molar-refractivity contribution < 1.29 is 0 Å². The summed E-state index contributed by atoms with van der Waals surface area (Å²) in [6.07, 6.45) is 1.25. The standard InChI is InChI=1S/C11H25N5/c1-4-16-6-5-10(8-16)7-13-11(15-12)14-9(2)3/h9-10H,4-8,12H2,1-3H3,(H2,13,14,15). The molecule has 1 unspecified atom stereocenters. The zero-order chi connectivity index (χ0) is 12.0. The Kier molecular flexibility index (Phi) is 5.55. The smallest absolute Gasteiger partial charge is 0.205 e. The number of guanidine groups is 1. The van der Waals surface area contributed by atoms with Crippen molar-refractivity contribution in [2.45, 2.75) is 33.2 Å². The van der Waals surface area contributed by atoms with Crippen molar-refractivity contribution in [1.82, 2.24) is 15.6 Å². The molecule has 1 aliphatic heterocycles. The lowest BCUT2D eigenvalue weighted by atomic mass is 10.1. The van der Waals surface area contributed by atoms with Crippen molar-refractivity contribution in [1.29, 1.82) is 0 Å². The highest BCUT2D eigenvalue weighted by atomic mass is 15.3. The van der Waals surface area contributed by atoms with Crippen molar-refractivity contribution in [3.8, 4) is 0 Å². The Morgan fingerprint density at radius 1 is 1.56 bits per heavy atom. The third kappa shape index (κ3) is 4.37. The maximum atomic E-state index is 5.41. The monoisotopic (exact) mass is 227 g/mol. The van der Waals surface area contributed by atoms with Gasteiger partial charge in [-0.1, -0.05) is 6.92 Å². The van der Waals surface area contributed by atoms with Crippen LogP contribution in [0, 0.1) is 5.92 Å². The van der Waals surface area contributed by atoms with Crippen LogP contribution in [0.25, 0.3) is 0 Å². The largest absolute Gasteiger partial charge is 0.353 e. The molecular formula is C11H25N5. The van der Waals surface area contributed by atoms with Crippen LogP contribution in [-0.2, 0) is 0 Å². The molecule has 0 saturated carbocycles. The van der Waals surface area contributed by atoms with Crippen LogP contribution in [0.2, 0.25) is 0 Å². The molecule has 1 saturated heterocycles. The van der Waals surface area contributed by atoms with Crippen LogP contribution in [0.4, 0.5) is 0 Å². The Hall–Kier alpha value is -0.810. The second-order valence-corrected chi connectivity index (χ2v) is 4.68. The van der Waals surface area contributed by atoms with Crippen molar-refractivity contribution >= 4 is 5.96 Å². The van der Waals surface area contributed by atoms with E-state index in [1.807, 2.05) is 0 Å². The number of hydrogen-bond donors (Lipinski definition) is 3. The molecule has 0 bridgehead atoms. The van der Waals surface area contributed by atoms with Crippen LogP contribution >= 0.6 is 0 Å². The van der Waals surface area contributed by atoms with Crippen LogP contribution in [0.1, 0.15) is 27.2 Å². The Labute approximate surface area is 98.4 Å². The van der Waals surface area contributed by atoms with Gasteiger partial charge in [-0.25, -0.2) is 5.84 Å². The summed E-state index contributed by atoms with van der Waals surface area (Å²) >= 11 is 0. The van der Waals surface area contributed by atoms with Gasteiger partial charge in [-0.3, -0.25) is 10.4 Å². The number of nitrogens with two attached hydrogens (primary N) is 1. The lowest BCUT2D eigenvalue weighted by molar-refractivity contribution is 0.343. The minimum Gasteiger partial charge on any atom is -0.353 e. The predicted molar refractivity (Wildman–Crippen MR) is 68.1 cm³/mol. The van der Waals surface area contributed by atoms with Gasteiger partial charge in [0.15, 0.2) is 0 Å². The molecule has 1 atom stereocenters. The minimum atomic E-state index is 0.352. The quantitative estimate of drug-likeness (QED) is 0.277. The fourth-order valence-corrected chi connectivity index (χ4v) is 1.98. The van der Waals surface area contributed by atoms with Crippen LogP contribution in [0.3, 0.4) is 0 Å². The van der Waals surface area contributed by atoms with E-state index >= 15 is 0 Å². The van der Waals surface area contributed by atoms with Crippen LogP contribution in [0.5, 0.6) is 0 Å². The van der Waals surface area contributed by atoms with E-state index in [-0.39, 0.29) is 0 Å². The molecule has 1 heterocycles. The summed E-state index contributed by atoms with van der Waals surface area (Å²) in [5, 5.41) is 3.18. The van der Waals surface area contributed by atoms with Gasteiger partial charge in [-0.2, -0.15) is 0 Å². The molecule has 16 heavy (non-hydrogen) atoms. The van der Waals surface area contributed by atoms with Crippen molar-refractivity contribution in [2.24, 2.45) is 16.8 Å². The van der Waals surface area contributed by atoms with Gasteiger partial charge < -0.3 is 10.2 Å². The molecule has 0 spiro atoms. The number of hydrazine groups is 1. The number of hydrogen-bond acceptors (Lipinski definition) is 3. The molecule has 0 amide bonds. The summed E-state index contributed by atoms with van der Waals surface area (Å²) < 4.78 is 0. The zero-order valence-corrected chi connectivity index (χ0v) is 10.7. The predicted octanol–water partition coefficient (Wildman–Crippen LogP) is 0.146. The molecule has 4 N–H and O–H groups in total. The van der Waals surface area contributed by atoms with Crippen molar-refractivity contribution in [3.63, 3.8) is 0 Å². The average Bonchev–Trinajstić information content (AvgIpc) is 2.71. The highest BCUT2D eigenvalue weighted by Gasteiger charge is 2.20. The van der Waals surface area contributed by atoms with Gasteiger partial charge in [0, 0.05) is 19.1 Å². The summed E-state index contributed by atoms with van der Waals surface area (Å²) in [5.74, 6) is 6.78. The lowest BCUT2D eigenvalue weighted by Crippen LogP contribution is -2.44. The molecule has 1 rings (SSSR count). The number of nitrogens with zero attached hydrogens (tertiary/aromatic N) is 2. The number of aliphatic imine (C=N–C) groups is 1. The fraction of sp³-hybridized carbons (Fsp3) is 0.909. The van der Waals surface area contributed by atoms with Gasteiger partial charge in [0.1, 0.15) is 0 Å². The number of nitrogens with one attached hydrogen (secondary N) is 2. The van der Waals surface area contributed by atoms with Crippen LogP contribution < -0.4 is 16.6 Å². The molecular weight excluding hydrogens is 202 g/mol. The first-order valence-electron chi connectivity index (χ1n) is 6.15. The Bertz CT molecular complexity index is 226. The minimum absolute atomic E-state index is 0.352. The average molecular weight is 227 g/mol. The van der Waals surface area contributed by atoms with E-state index in [0.717, 1.165) is 13.1 Å². The van der Waals surface area contributed by atoms with Gasteiger partial charge in [-0.05, 0) is 39.3 Å². The fourth-order valence-electron chi connectivity index (χ4n) is 1.98. The first kappa shape index (κ1) is 13.3. The van der Waals surface area contributed by atoms with E-state index in [9.17, 15) is 0 Å². The lowest BCUT2D eigenvalue weighted by Gasteiger charge is -2.14. The molecule has 5 nitrogen and oxygen atoms in total. The maximum Gasteiger partial charge on any atom is 0.205 e. The zero-order valence-electron chi connectivity index (χ0n) is 10.7. The molecule has 0 aromatic rings. The van der Waals surface area contributed by atoms with Crippen LogP contribution in [-0.4, -0.2) is 43.1 Å². The molecule has 1 aliphatic rings. The molecule has 0 radical (unpaired) electrons. The van der Waals surface area contributed by atoms with Gasteiger partial charge >= 0.3 is 0 Å². The SMILES string of the molecule is CCN1CCC(CN=C(NN)NC(C)C)C1. The summed E-state index contributed by atoms with van der Waals surface area (Å²) in [6.45, 7) is 10.7. The molecule has 1 fully saturated rings. The topological polar surface area (TPSA) is 65.7 Å². The summed E-state index contributed by atoms with van der Waals surface area (Å²) in [4.78, 5) is 6.94. The van der Waals surface area contributed by atoms with Gasteiger partial charge in [0.25, 0.3) is 0 Å². The van der Waals surface area contributed by atoms with Gasteiger partial charge in [-0.15, -0.1) is 0 Å². The van der Waals surface area contributed by atoms with Crippen LogP contribution in [0.15, 0.2) is 4.99 Å². The van der Waals surface area contributed by atoms with Gasteiger partial charge in [0.2, 0.25) is 5.96 Å². The van der Waals surface area contributed by atoms with E-state index in [4.69, 9.17) is 5.84 Å². The molecule has 0 aromatic carbocycles. The summed E-state index contributed by atoms with van der Waals surface area (Å²) in [6, 6.07) is 0.352.